The summed E-state index contributed by atoms with van der Waals surface area (Å²) in [5.41, 5.74) is 4.87. The van der Waals surface area contributed by atoms with Gasteiger partial charge >= 0.3 is 5.97 Å². The molecule has 0 radical (unpaired) electrons. The molecule has 0 spiro atoms. The van der Waals surface area contributed by atoms with Crippen molar-refractivity contribution in [3.63, 3.8) is 0 Å². The third kappa shape index (κ3) is 112. The number of carbonyl (C=O) groups is 1. The fourth-order valence-corrected chi connectivity index (χ4v) is 8.43. The third-order valence-corrected chi connectivity index (χ3v) is 14.2. The fourth-order valence-electron chi connectivity index (χ4n) is 8.43. The average molecular weight is 1730 g/mol. The van der Waals surface area contributed by atoms with E-state index in [1.165, 1.54) is 0 Å². The summed E-state index contributed by atoms with van der Waals surface area (Å²) in [6, 6.07) is 0. The number of esters is 1. The number of hydrogen-bond donors (Lipinski definition) is 1. The van der Waals surface area contributed by atoms with E-state index < -0.39 is 5.60 Å². The molecule has 0 aromatic heterocycles. The Morgan fingerprint density at radius 2 is 0.220 bits per heavy atom. The first-order chi connectivity index (χ1) is 58.5. The Kier molecular flexibility index (Phi) is 105. The van der Waals surface area contributed by atoms with Crippen LogP contribution in [0.1, 0.15) is 27.2 Å². The quantitative estimate of drug-likeness (QED) is 0.0662. The van der Waals surface area contributed by atoms with Gasteiger partial charge in [0.25, 0.3) is 0 Å². The molecule has 0 aliphatic carbocycles. The molecular formula is C79H159NO38. The van der Waals surface area contributed by atoms with Crippen LogP contribution in [0.5, 0.6) is 0 Å². The lowest BCUT2D eigenvalue weighted by Crippen LogP contribution is -2.24. The van der Waals surface area contributed by atoms with Crippen LogP contribution >= 0.6 is 0 Å². The van der Waals surface area contributed by atoms with E-state index in [0.29, 0.717) is 482 Å². The molecule has 39 nitrogen and oxygen atoms in total. The summed E-state index contributed by atoms with van der Waals surface area (Å²) in [6.07, 6.45) is 0.221. The van der Waals surface area contributed by atoms with Crippen molar-refractivity contribution in [3.05, 3.63) is 0 Å². The predicted molar refractivity (Wildman–Crippen MR) is 429 cm³/mol. The maximum absolute atomic E-state index is 11.6. The third-order valence-electron chi connectivity index (χ3n) is 14.2. The lowest BCUT2D eigenvalue weighted by Gasteiger charge is -2.19. The van der Waals surface area contributed by atoms with E-state index in [-0.39, 0.29) is 12.4 Å². The summed E-state index contributed by atoms with van der Waals surface area (Å²) in [4.78, 5) is 11.6. The van der Waals surface area contributed by atoms with Crippen LogP contribution in [0.15, 0.2) is 0 Å². The molecule has 0 unspecified atom stereocenters. The summed E-state index contributed by atoms with van der Waals surface area (Å²) in [7, 11) is 0. The summed E-state index contributed by atoms with van der Waals surface area (Å²) in [5, 5.41) is 0. The van der Waals surface area contributed by atoms with E-state index in [1.807, 2.05) is 20.8 Å². The van der Waals surface area contributed by atoms with Crippen LogP contribution in [-0.4, -0.2) is 494 Å². The van der Waals surface area contributed by atoms with E-state index in [0.717, 1.165) is 0 Å². The molecule has 0 atom stereocenters. The fraction of sp³-hybridized carbons (Fsp3) is 0.987. The molecule has 0 aliphatic rings. The number of hydrogen-bond acceptors (Lipinski definition) is 39. The number of nitrogens with two attached hydrogens (primary N) is 1. The molecule has 0 rings (SSSR count). The van der Waals surface area contributed by atoms with Gasteiger partial charge in [0.1, 0.15) is 5.60 Å². The molecule has 0 aromatic carbocycles. The van der Waals surface area contributed by atoms with Crippen LogP contribution < -0.4 is 5.73 Å². The van der Waals surface area contributed by atoms with Crippen LogP contribution in [-0.2, 0) is 180 Å². The first-order valence-electron chi connectivity index (χ1n) is 42.2. The maximum Gasteiger partial charge on any atom is 0.308 e. The summed E-state index contributed by atoms with van der Waals surface area (Å²) >= 11 is 0. The molecule has 0 amide bonds. The van der Waals surface area contributed by atoms with E-state index in [2.05, 4.69) is 0 Å². The largest absolute Gasteiger partial charge is 0.460 e. The summed E-state index contributed by atoms with van der Waals surface area (Å²) in [5.74, 6) is -0.273. The predicted octanol–water partition coefficient (Wildman–Crippen LogP) is 1.27. The number of ether oxygens (including phenoxy) is 37. The smallest absolute Gasteiger partial charge is 0.308 e. The minimum Gasteiger partial charge on any atom is -0.460 e. The monoisotopic (exact) mass is 1730 g/mol. The number of rotatable bonds is 110. The minimum absolute atomic E-state index is 0.221. The molecule has 39 heteroatoms. The molecule has 708 valence electrons. The van der Waals surface area contributed by atoms with Gasteiger partial charge in [0.05, 0.1) is 482 Å². The van der Waals surface area contributed by atoms with Crippen LogP contribution in [0.2, 0.25) is 0 Å². The van der Waals surface area contributed by atoms with Crippen molar-refractivity contribution in [1.29, 1.82) is 0 Å². The first-order valence-corrected chi connectivity index (χ1v) is 42.2. The summed E-state index contributed by atoms with van der Waals surface area (Å²) < 4.78 is 204. The van der Waals surface area contributed by atoms with Gasteiger partial charge in [-0.1, -0.05) is 0 Å². The zero-order valence-electron chi connectivity index (χ0n) is 72.4. The molecule has 118 heavy (non-hydrogen) atoms. The van der Waals surface area contributed by atoms with Crippen molar-refractivity contribution >= 4 is 5.97 Å². The zero-order valence-corrected chi connectivity index (χ0v) is 72.4. The molecule has 0 saturated carbocycles. The highest BCUT2D eigenvalue weighted by atomic mass is 16.6. The van der Waals surface area contributed by atoms with Gasteiger partial charge in [0.2, 0.25) is 0 Å². The first kappa shape index (κ1) is 116. The second-order valence-electron chi connectivity index (χ2n) is 25.2. The highest BCUT2D eigenvalue weighted by Gasteiger charge is 2.16. The molecule has 0 heterocycles. The molecule has 2 N–H and O–H groups in total. The Hall–Kier alpha value is -2.01. The van der Waals surface area contributed by atoms with E-state index >= 15 is 0 Å². The molecule has 0 fully saturated rings. The molecular weight excluding hydrogens is 1570 g/mol. The van der Waals surface area contributed by atoms with Crippen molar-refractivity contribution in [3.8, 4) is 0 Å². The lowest BCUT2D eigenvalue weighted by molar-refractivity contribution is -0.156. The average Bonchev–Trinajstić information content (AvgIpc) is 0.951. The van der Waals surface area contributed by atoms with Gasteiger partial charge in [-0.2, -0.15) is 0 Å². The van der Waals surface area contributed by atoms with Gasteiger partial charge < -0.3 is 181 Å². The van der Waals surface area contributed by atoms with Gasteiger partial charge in [-0.05, 0) is 20.8 Å². The van der Waals surface area contributed by atoms with E-state index in [1.54, 1.807) is 0 Å². The van der Waals surface area contributed by atoms with Gasteiger partial charge in [0, 0.05) is 6.54 Å². The van der Waals surface area contributed by atoms with Crippen molar-refractivity contribution < 1.29 is 180 Å². The zero-order chi connectivity index (χ0) is 84.6. The highest BCUT2D eigenvalue weighted by molar-refractivity contribution is 5.69. The molecule has 0 aliphatic heterocycles. The number of carbonyl (C=O) groups excluding carboxylic acids is 1. The van der Waals surface area contributed by atoms with Crippen LogP contribution in [0, 0.1) is 0 Å². The Morgan fingerprint density at radius 3 is 0.297 bits per heavy atom. The van der Waals surface area contributed by atoms with E-state index in [9.17, 15) is 4.79 Å². The Balaban J connectivity index is 3.11. The Morgan fingerprint density at radius 1 is 0.144 bits per heavy atom. The van der Waals surface area contributed by atoms with Crippen LogP contribution in [0.4, 0.5) is 0 Å². The van der Waals surface area contributed by atoms with Crippen molar-refractivity contribution in [1.82, 2.24) is 0 Å². The Labute approximate surface area is 704 Å². The van der Waals surface area contributed by atoms with Gasteiger partial charge in [-0.15, -0.1) is 0 Å². The summed E-state index contributed by atoms with van der Waals surface area (Å²) in [6.45, 7) is 40.4. The van der Waals surface area contributed by atoms with Crippen molar-refractivity contribution in [2.24, 2.45) is 5.73 Å². The van der Waals surface area contributed by atoms with E-state index in [4.69, 9.17) is 181 Å². The Bertz CT molecular complexity index is 1770. The highest BCUT2D eigenvalue weighted by Crippen LogP contribution is 2.08. The van der Waals surface area contributed by atoms with Crippen molar-refractivity contribution in [2.45, 2.75) is 32.8 Å². The molecule has 0 bridgehead atoms. The lowest BCUT2D eigenvalue weighted by atomic mass is 10.2. The SMILES string of the molecule is CC(C)(C)OC(=O)CCOCCOCCOCCOCCOCCOCCOCCOCCOCCOCCOCCOCCOCCOCCOCCOCCOCCOCCOCCOCCOCCOCCOCCOCCOCCOCCOCCOCCOCCOCCOCCOCCOCCOCCOCCOCCN. The minimum atomic E-state index is -0.487. The molecule has 0 saturated heterocycles. The normalized spacial score (nSPS) is 11.9. The molecule has 0 aromatic rings. The standard InChI is InChI=1S/C79H159NO38/c1-79(2,3)118-78(81)4-6-82-8-10-84-12-14-86-16-18-88-20-22-90-24-26-92-28-30-94-32-34-96-36-38-98-40-42-100-44-46-102-48-50-104-52-54-106-56-58-108-60-62-110-64-66-112-68-70-114-72-74-116-76-77-117-75-73-115-71-69-113-67-65-111-63-61-109-59-57-107-55-53-105-51-49-103-47-45-101-43-41-99-39-37-97-35-33-95-31-29-93-27-25-91-23-21-89-19-17-87-15-13-85-11-9-83-7-5-80/h4-77,80H2,1-3H3. The van der Waals surface area contributed by atoms with Gasteiger partial charge in [-0.3, -0.25) is 4.79 Å². The van der Waals surface area contributed by atoms with Crippen LogP contribution in [0.25, 0.3) is 0 Å². The van der Waals surface area contributed by atoms with Gasteiger partial charge in [-0.25, -0.2) is 0 Å². The maximum atomic E-state index is 11.6. The second kappa shape index (κ2) is 107. The second-order valence-corrected chi connectivity index (χ2v) is 25.2. The van der Waals surface area contributed by atoms with Crippen molar-refractivity contribution in [2.75, 3.05) is 482 Å². The van der Waals surface area contributed by atoms with Crippen LogP contribution in [0.3, 0.4) is 0 Å². The van der Waals surface area contributed by atoms with Gasteiger partial charge in [0.15, 0.2) is 0 Å². The topological polar surface area (TPSA) is 385 Å².